The van der Waals surface area contributed by atoms with E-state index in [4.69, 9.17) is 5.11 Å². The van der Waals surface area contributed by atoms with Crippen molar-refractivity contribution in [1.82, 2.24) is 0 Å². The molecule has 0 unspecified atom stereocenters. The fourth-order valence-electron chi connectivity index (χ4n) is 0.587. The predicted octanol–water partition coefficient (Wildman–Crippen LogP) is -1.76. The first-order valence-corrected chi connectivity index (χ1v) is 5.55. The largest absolute Gasteiger partial charge is 1.00 e. The van der Waals surface area contributed by atoms with E-state index in [1.165, 1.54) is 31.2 Å². The van der Waals surface area contributed by atoms with E-state index in [1.807, 2.05) is 0 Å². The number of carboxylic acid groups (broad SMARTS) is 1. The van der Waals surface area contributed by atoms with Crippen LogP contribution in [0.5, 0.6) is 0 Å². The second-order valence-corrected chi connectivity index (χ2v) is 4.23. The number of hydrogen-bond acceptors (Lipinski definition) is 4. The number of rotatable bonds is 2. The molecule has 0 aliphatic rings. The fraction of sp³-hybridized carbons (Fsp3) is 0.100. The van der Waals surface area contributed by atoms with Crippen LogP contribution in [-0.4, -0.2) is 24.0 Å². The molecule has 0 amide bonds. The molecule has 17 heavy (non-hydrogen) atoms. The molecule has 0 fully saturated rings. The molecule has 0 bridgehead atoms. The van der Waals surface area contributed by atoms with Gasteiger partial charge in [-0.1, -0.05) is 24.8 Å². The maximum absolute atomic E-state index is 10.3. The van der Waals surface area contributed by atoms with Crippen molar-refractivity contribution >= 4 is 16.1 Å². The van der Waals surface area contributed by atoms with Crippen LogP contribution in [-0.2, 0) is 14.9 Å². The second kappa shape index (κ2) is 8.43. The minimum Gasteiger partial charge on any atom is -0.744 e. The molecule has 0 spiro atoms. The third kappa shape index (κ3) is 9.08. The summed E-state index contributed by atoms with van der Waals surface area (Å²) in [5.41, 5.74) is 0.176. The standard InChI is InChI=1S/C6H6O3S.C4H6O2.Na/c7-10(8,9)6-4-2-1-3-5-6;1-3(2)4(5)6;/h1-5H,(H,7,8,9);1H2,2H3,(H,5,6);/q;;+1/p-1. The fourth-order valence-corrected chi connectivity index (χ4v) is 1.08. The van der Waals surface area contributed by atoms with E-state index < -0.39 is 16.1 Å². The van der Waals surface area contributed by atoms with E-state index in [-0.39, 0.29) is 40.0 Å². The smallest absolute Gasteiger partial charge is 0.744 e. The van der Waals surface area contributed by atoms with E-state index in [0.29, 0.717) is 0 Å². The van der Waals surface area contributed by atoms with Crippen LogP contribution in [0.4, 0.5) is 0 Å². The minimum atomic E-state index is -4.25. The Kier molecular flexibility index (Phi) is 9.28. The van der Waals surface area contributed by atoms with Crippen LogP contribution < -0.4 is 29.6 Å². The third-order valence-corrected chi connectivity index (χ3v) is 2.25. The minimum absolute atomic E-state index is 0. The van der Waals surface area contributed by atoms with Crippen molar-refractivity contribution < 1.29 is 52.4 Å². The molecule has 1 rings (SSSR count). The Morgan fingerprint density at radius 1 is 1.29 bits per heavy atom. The van der Waals surface area contributed by atoms with Gasteiger partial charge in [0.2, 0.25) is 0 Å². The average molecular weight is 266 g/mol. The molecule has 5 nitrogen and oxygen atoms in total. The molecule has 0 saturated carbocycles. The van der Waals surface area contributed by atoms with Crippen LogP contribution in [0, 0.1) is 0 Å². The van der Waals surface area contributed by atoms with Gasteiger partial charge in [-0.05, 0) is 19.1 Å². The van der Waals surface area contributed by atoms with Crippen molar-refractivity contribution in [2.24, 2.45) is 0 Å². The summed E-state index contributed by atoms with van der Waals surface area (Å²) in [6.07, 6.45) is 0. The summed E-state index contributed by atoms with van der Waals surface area (Å²) in [5.74, 6) is -0.935. The molecule has 1 N–H and O–H groups in total. The monoisotopic (exact) mass is 266 g/mol. The molecule has 1 aromatic rings. The van der Waals surface area contributed by atoms with Crippen molar-refractivity contribution in [3.8, 4) is 0 Å². The van der Waals surface area contributed by atoms with Gasteiger partial charge in [0.1, 0.15) is 10.1 Å². The quantitative estimate of drug-likeness (QED) is 0.389. The van der Waals surface area contributed by atoms with Crippen molar-refractivity contribution in [1.29, 1.82) is 0 Å². The first kappa shape index (κ1) is 18.7. The number of carboxylic acids is 1. The molecule has 88 valence electrons. The summed E-state index contributed by atoms with van der Waals surface area (Å²) in [4.78, 5) is 9.41. The molecular formula is C10H11NaO5S. The Morgan fingerprint density at radius 2 is 1.65 bits per heavy atom. The van der Waals surface area contributed by atoms with Crippen molar-refractivity contribution in [2.45, 2.75) is 11.8 Å². The van der Waals surface area contributed by atoms with Gasteiger partial charge in [-0.25, -0.2) is 13.2 Å². The molecule has 0 radical (unpaired) electrons. The molecule has 0 heterocycles. The van der Waals surface area contributed by atoms with Crippen LogP contribution in [0.15, 0.2) is 47.4 Å². The molecule has 0 atom stereocenters. The molecule has 0 aliphatic heterocycles. The molecular weight excluding hydrogens is 255 g/mol. The Morgan fingerprint density at radius 3 is 1.82 bits per heavy atom. The van der Waals surface area contributed by atoms with Gasteiger partial charge < -0.3 is 9.66 Å². The van der Waals surface area contributed by atoms with Gasteiger partial charge in [0, 0.05) is 5.57 Å². The molecule has 0 saturated heterocycles. The van der Waals surface area contributed by atoms with Crippen molar-refractivity contribution in [3.63, 3.8) is 0 Å². The van der Waals surface area contributed by atoms with E-state index in [0.717, 1.165) is 0 Å². The summed E-state index contributed by atoms with van der Waals surface area (Å²) in [5, 5.41) is 7.89. The van der Waals surface area contributed by atoms with Crippen molar-refractivity contribution in [3.05, 3.63) is 42.5 Å². The average Bonchev–Trinajstić information content (AvgIpc) is 2.18. The summed E-state index contributed by atoms with van der Waals surface area (Å²) < 4.78 is 30.8. The summed E-state index contributed by atoms with van der Waals surface area (Å²) in [6.45, 7) is 4.60. The van der Waals surface area contributed by atoms with Crippen LogP contribution in [0.1, 0.15) is 6.92 Å². The number of carbonyl (C=O) groups is 1. The zero-order chi connectivity index (χ0) is 12.8. The number of hydrogen-bond donors (Lipinski definition) is 1. The van der Waals surface area contributed by atoms with Crippen LogP contribution in [0.3, 0.4) is 0 Å². The maximum Gasteiger partial charge on any atom is 1.00 e. The van der Waals surface area contributed by atoms with Gasteiger partial charge in [0.05, 0.1) is 4.90 Å². The summed E-state index contributed by atoms with van der Waals surface area (Å²) >= 11 is 0. The summed E-state index contributed by atoms with van der Waals surface area (Å²) in [7, 11) is -4.25. The van der Waals surface area contributed by atoms with E-state index in [1.54, 1.807) is 6.07 Å². The predicted molar refractivity (Wildman–Crippen MR) is 56.9 cm³/mol. The maximum atomic E-state index is 10.3. The molecule has 0 aromatic heterocycles. The van der Waals surface area contributed by atoms with Gasteiger partial charge in [0.25, 0.3) is 0 Å². The molecule has 1 aromatic carbocycles. The van der Waals surface area contributed by atoms with E-state index in [9.17, 15) is 17.8 Å². The zero-order valence-electron chi connectivity index (χ0n) is 9.58. The normalized spacial score (nSPS) is 9.29. The number of benzene rings is 1. The van der Waals surface area contributed by atoms with E-state index >= 15 is 0 Å². The number of aliphatic carboxylic acids is 1. The Balaban J connectivity index is 0. The topological polar surface area (TPSA) is 94.5 Å². The van der Waals surface area contributed by atoms with Gasteiger partial charge in [-0.3, -0.25) is 0 Å². The van der Waals surface area contributed by atoms with Crippen LogP contribution in [0.25, 0.3) is 0 Å². The second-order valence-electron chi connectivity index (χ2n) is 2.85. The third-order valence-electron chi connectivity index (χ3n) is 1.40. The Bertz CT molecular complexity index is 455. The van der Waals surface area contributed by atoms with Crippen LogP contribution >= 0.6 is 0 Å². The van der Waals surface area contributed by atoms with E-state index in [2.05, 4.69) is 6.58 Å². The van der Waals surface area contributed by atoms with Gasteiger partial charge in [0.15, 0.2) is 0 Å². The van der Waals surface area contributed by atoms with Crippen LogP contribution in [0.2, 0.25) is 0 Å². The van der Waals surface area contributed by atoms with Crippen molar-refractivity contribution in [2.75, 3.05) is 0 Å². The molecule has 0 aliphatic carbocycles. The van der Waals surface area contributed by atoms with Gasteiger partial charge in [-0.2, -0.15) is 0 Å². The zero-order valence-corrected chi connectivity index (χ0v) is 12.4. The summed E-state index contributed by atoms with van der Waals surface area (Å²) in [6, 6.07) is 7.19. The Labute approximate surface area is 122 Å². The van der Waals surface area contributed by atoms with Gasteiger partial charge in [-0.15, -0.1) is 0 Å². The molecule has 7 heteroatoms. The first-order valence-electron chi connectivity index (χ1n) is 4.15. The van der Waals surface area contributed by atoms with Gasteiger partial charge >= 0.3 is 35.5 Å². The SMILES string of the molecule is C=C(C)C(=O)O.O=S(=O)([O-])c1ccccc1.[Na+]. The Hall–Kier alpha value is -0.660. The first-order chi connectivity index (χ1) is 7.25.